The molecule has 0 unspecified atom stereocenters. The molecule has 1 saturated carbocycles. The van der Waals surface area contributed by atoms with E-state index < -0.39 is 0 Å². The minimum atomic E-state index is -0.371. The normalized spacial score (nSPS) is 35.8. The van der Waals surface area contributed by atoms with Crippen molar-refractivity contribution in [3.05, 3.63) is 71.8 Å². The highest BCUT2D eigenvalue weighted by atomic mass is 79.9. The Kier molecular flexibility index (Phi) is 3.33. The Hall–Kier alpha value is -1.38. The van der Waals surface area contributed by atoms with Crippen molar-refractivity contribution in [2.75, 3.05) is 0 Å². The maximum Gasteiger partial charge on any atom is 0.0739 e. The van der Waals surface area contributed by atoms with Gasteiger partial charge in [0.25, 0.3) is 0 Å². The molecule has 0 saturated heterocycles. The second-order valence-electron chi connectivity index (χ2n) is 7.26. The number of benzene rings is 2. The first-order chi connectivity index (χ1) is 11.0. The molecule has 23 heavy (non-hydrogen) atoms. The first-order valence-corrected chi connectivity index (χ1v) is 9.09. The first-order valence-electron chi connectivity index (χ1n) is 8.18. The fourth-order valence-corrected chi connectivity index (χ4v) is 5.91. The van der Waals surface area contributed by atoms with E-state index in [1.165, 1.54) is 22.3 Å². The minimum Gasteiger partial charge on any atom is -0.391 e. The van der Waals surface area contributed by atoms with Crippen LogP contribution in [-0.4, -0.2) is 16.0 Å². The van der Waals surface area contributed by atoms with E-state index in [-0.39, 0.29) is 21.8 Å². The third-order valence-electron chi connectivity index (χ3n) is 5.91. The average Bonchev–Trinajstić information content (AvgIpc) is 2.86. The van der Waals surface area contributed by atoms with Gasteiger partial charge in [-0.25, -0.2) is 0 Å². The van der Waals surface area contributed by atoms with Crippen LogP contribution in [0.4, 0.5) is 0 Å². The molecular formula is C21H21BrO. The van der Waals surface area contributed by atoms with E-state index in [1.54, 1.807) is 0 Å². The smallest absolute Gasteiger partial charge is 0.0739 e. The van der Waals surface area contributed by atoms with E-state index in [1.807, 2.05) is 12.1 Å². The van der Waals surface area contributed by atoms with Crippen LogP contribution in [0, 0.1) is 10.8 Å². The lowest BCUT2D eigenvalue weighted by atomic mass is 9.73. The van der Waals surface area contributed by atoms with Crippen molar-refractivity contribution in [2.24, 2.45) is 10.8 Å². The Morgan fingerprint density at radius 2 is 1.35 bits per heavy atom. The van der Waals surface area contributed by atoms with Crippen molar-refractivity contribution in [2.45, 2.75) is 31.2 Å². The molecule has 2 aliphatic carbocycles. The summed E-state index contributed by atoms with van der Waals surface area (Å²) in [6.45, 7) is 4.43. The van der Waals surface area contributed by atoms with Crippen molar-refractivity contribution in [1.29, 1.82) is 0 Å². The molecule has 0 aliphatic heterocycles. The highest BCUT2D eigenvalue weighted by Gasteiger charge is 2.66. The predicted octanol–water partition coefficient (Wildman–Crippen LogP) is 5.15. The van der Waals surface area contributed by atoms with Gasteiger partial charge >= 0.3 is 0 Å². The Morgan fingerprint density at radius 3 is 1.87 bits per heavy atom. The van der Waals surface area contributed by atoms with Gasteiger partial charge in [0.1, 0.15) is 0 Å². The molecule has 2 bridgehead atoms. The molecule has 2 aromatic carbocycles. The van der Waals surface area contributed by atoms with Gasteiger partial charge in [-0.1, -0.05) is 90.4 Å². The van der Waals surface area contributed by atoms with Gasteiger partial charge in [0, 0.05) is 15.7 Å². The van der Waals surface area contributed by atoms with Crippen LogP contribution in [0.25, 0.3) is 11.1 Å². The summed E-state index contributed by atoms with van der Waals surface area (Å²) in [6.07, 6.45) is 0.593. The van der Waals surface area contributed by atoms with Gasteiger partial charge in [0.15, 0.2) is 0 Å². The van der Waals surface area contributed by atoms with E-state index in [9.17, 15) is 5.11 Å². The zero-order chi connectivity index (χ0) is 16.2. The number of hydrogen-bond acceptors (Lipinski definition) is 1. The predicted molar refractivity (Wildman–Crippen MR) is 99.3 cm³/mol. The molecule has 0 spiro atoms. The average molecular weight is 369 g/mol. The SMILES string of the molecule is C[C@@]12C(c3ccccc3)=C(c3ccccc3)[C@@](C)(C[C@H]1Br)[C@@H]2O. The second-order valence-corrected chi connectivity index (χ2v) is 8.36. The van der Waals surface area contributed by atoms with Crippen LogP contribution in [0.5, 0.6) is 0 Å². The quantitative estimate of drug-likeness (QED) is 0.726. The van der Waals surface area contributed by atoms with Crippen molar-refractivity contribution >= 4 is 27.1 Å². The molecule has 0 radical (unpaired) electrons. The van der Waals surface area contributed by atoms with Crippen LogP contribution in [0.3, 0.4) is 0 Å². The molecular weight excluding hydrogens is 348 g/mol. The number of fused-ring (bicyclic) bond motifs is 2. The molecule has 0 heterocycles. The molecule has 2 aromatic rings. The fourth-order valence-electron chi connectivity index (χ4n) is 4.76. The van der Waals surface area contributed by atoms with Gasteiger partial charge in [-0.05, 0) is 28.7 Å². The van der Waals surface area contributed by atoms with Gasteiger partial charge in [-0.3, -0.25) is 0 Å². The van der Waals surface area contributed by atoms with Crippen LogP contribution >= 0.6 is 15.9 Å². The standard InChI is InChI=1S/C21H21BrO/c1-20-13-16(22)21(2,19(20)23)18(15-11-7-4-8-12-15)17(20)14-9-5-3-6-10-14/h3-12,16,19,23H,13H2,1-2H3/t16-,19+,20-,21+/m1/s1. The third-order valence-corrected chi connectivity index (χ3v) is 7.19. The fraction of sp³-hybridized carbons (Fsp3) is 0.333. The summed E-state index contributed by atoms with van der Waals surface area (Å²) in [5, 5.41) is 11.2. The van der Waals surface area contributed by atoms with E-state index in [2.05, 4.69) is 78.3 Å². The Labute approximate surface area is 146 Å². The van der Waals surface area contributed by atoms with Crippen molar-refractivity contribution in [3.8, 4) is 0 Å². The zero-order valence-corrected chi connectivity index (χ0v) is 15.0. The van der Waals surface area contributed by atoms with Crippen molar-refractivity contribution < 1.29 is 5.11 Å². The van der Waals surface area contributed by atoms with Gasteiger partial charge in [-0.15, -0.1) is 0 Å². The minimum absolute atomic E-state index is 0.213. The van der Waals surface area contributed by atoms with Crippen LogP contribution < -0.4 is 0 Å². The van der Waals surface area contributed by atoms with Gasteiger partial charge < -0.3 is 5.11 Å². The summed E-state index contributed by atoms with van der Waals surface area (Å²) in [6, 6.07) is 21.1. The van der Waals surface area contributed by atoms with E-state index >= 15 is 0 Å². The molecule has 4 atom stereocenters. The monoisotopic (exact) mass is 368 g/mol. The van der Waals surface area contributed by atoms with Crippen LogP contribution in [0.15, 0.2) is 60.7 Å². The number of aliphatic hydroxyl groups excluding tert-OH is 1. The van der Waals surface area contributed by atoms with Crippen molar-refractivity contribution in [3.63, 3.8) is 0 Å². The van der Waals surface area contributed by atoms with Crippen LogP contribution in [0.1, 0.15) is 31.4 Å². The second kappa shape index (κ2) is 5.06. The maximum absolute atomic E-state index is 11.2. The lowest BCUT2D eigenvalue weighted by Crippen LogP contribution is -2.34. The summed E-state index contributed by atoms with van der Waals surface area (Å²) < 4.78 is 0. The largest absolute Gasteiger partial charge is 0.391 e. The highest BCUT2D eigenvalue weighted by molar-refractivity contribution is 9.09. The first kappa shape index (κ1) is 15.2. The molecule has 1 N–H and O–H groups in total. The molecule has 2 heteroatoms. The number of hydrogen-bond donors (Lipinski definition) is 1. The molecule has 1 nitrogen and oxygen atoms in total. The Morgan fingerprint density at radius 1 is 0.870 bits per heavy atom. The maximum atomic E-state index is 11.2. The molecule has 2 aliphatic rings. The summed E-state index contributed by atoms with van der Waals surface area (Å²) in [5.74, 6) is 0. The van der Waals surface area contributed by atoms with E-state index in [4.69, 9.17) is 0 Å². The molecule has 0 amide bonds. The lowest BCUT2D eigenvalue weighted by Gasteiger charge is -2.34. The Bertz CT molecular complexity index is 767. The number of aliphatic hydroxyl groups is 1. The van der Waals surface area contributed by atoms with Gasteiger partial charge in [0.05, 0.1) is 6.10 Å². The molecule has 0 aromatic heterocycles. The van der Waals surface area contributed by atoms with E-state index in [0.29, 0.717) is 0 Å². The molecule has 1 fully saturated rings. The zero-order valence-electron chi connectivity index (χ0n) is 13.5. The van der Waals surface area contributed by atoms with Gasteiger partial charge in [0.2, 0.25) is 0 Å². The molecule has 118 valence electrons. The van der Waals surface area contributed by atoms with Crippen LogP contribution in [0.2, 0.25) is 0 Å². The summed E-state index contributed by atoms with van der Waals surface area (Å²) in [7, 11) is 0. The third kappa shape index (κ3) is 1.88. The Balaban J connectivity index is 2.06. The van der Waals surface area contributed by atoms with Crippen molar-refractivity contribution in [1.82, 2.24) is 0 Å². The summed E-state index contributed by atoms with van der Waals surface area (Å²) in [5.41, 5.74) is 4.59. The number of rotatable bonds is 2. The van der Waals surface area contributed by atoms with Crippen LogP contribution in [-0.2, 0) is 0 Å². The topological polar surface area (TPSA) is 20.2 Å². The summed E-state index contributed by atoms with van der Waals surface area (Å²) in [4.78, 5) is 0.290. The van der Waals surface area contributed by atoms with Gasteiger partial charge in [-0.2, -0.15) is 0 Å². The number of alkyl halides is 1. The molecule has 4 rings (SSSR count). The van der Waals surface area contributed by atoms with E-state index in [0.717, 1.165) is 6.42 Å². The summed E-state index contributed by atoms with van der Waals surface area (Å²) >= 11 is 3.87. The lowest BCUT2D eigenvalue weighted by molar-refractivity contribution is 0.0591. The highest BCUT2D eigenvalue weighted by Crippen LogP contribution is 2.70. The number of halogens is 1.